The van der Waals surface area contributed by atoms with E-state index in [2.05, 4.69) is 24.0 Å². The Labute approximate surface area is 174 Å². The highest BCUT2D eigenvalue weighted by Crippen LogP contribution is 2.31. The van der Waals surface area contributed by atoms with Gasteiger partial charge in [-0.25, -0.2) is 13.4 Å². The van der Waals surface area contributed by atoms with Crippen LogP contribution in [0.3, 0.4) is 0 Å². The van der Waals surface area contributed by atoms with Crippen LogP contribution in [0.2, 0.25) is 0 Å². The number of piperazine rings is 1. The molecule has 29 heavy (non-hydrogen) atoms. The molecule has 0 bridgehead atoms. The SMILES string of the molecule is Cc1ccc(S(=O)(=O)CC(=O)N2CCN(c3nc4c(C)cccc4s3)CC2)cc1. The second kappa shape index (κ2) is 7.76. The lowest BCUT2D eigenvalue weighted by Gasteiger charge is -2.34. The van der Waals surface area contributed by atoms with Gasteiger partial charge >= 0.3 is 0 Å². The van der Waals surface area contributed by atoms with E-state index in [9.17, 15) is 13.2 Å². The molecule has 0 N–H and O–H groups in total. The molecule has 0 radical (unpaired) electrons. The number of hydrogen-bond donors (Lipinski definition) is 0. The van der Waals surface area contributed by atoms with Gasteiger partial charge in [-0.05, 0) is 37.6 Å². The molecule has 2 aromatic carbocycles. The first-order chi connectivity index (χ1) is 13.8. The number of nitrogens with zero attached hydrogens (tertiary/aromatic N) is 3. The lowest BCUT2D eigenvalue weighted by Crippen LogP contribution is -2.50. The van der Waals surface area contributed by atoms with Crippen LogP contribution in [0.4, 0.5) is 5.13 Å². The average molecular weight is 430 g/mol. The number of benzene rings is 2. The highest BCUT2D eigenvalue weighted by molar-refractivity contribution is 7.92. The maximum Gasteiger partial charge on any atom is 0.238 e. The lowest BCUT2D eigenvalue weighted by atomic mass is 10.2. The number of amides is 1. The molecule has 0 unspecified atom stereocenters. The molecule has 1 aromatic heterocycles. The van der Waals surface area contributed by atoms with Crippen molar-refractivity contribution in [2.24, 2.45) is 0 Å². The number of thiazole rings is 1. The summed E-state index contributed by atoms with van der Waals surface area (Å²) in [5.74, 6) is -0.832. The summed E-state index contributed by atoms with van der Waals surface area (Å²) in [5, 5.41) is 0.952. The molecular formula is C21H23N3O3S2. The van der Waals surface area contributed by atoms with Crippen molar-refractivity contribution in [2.45, 2.75) is 18.7 Å². The molecule has 4 rings (SSSR count). The first kappa shape index (κ1) is 19.8. The quantitative estimate of drug-likeness (QED) is 0.638. The maximum absolute atomic E-state index is 12.6. The fraction of sp³-hybridized carbons (Fsp3) is 0.333. The Balaban J connectivity index is 1.40. The van der Waals surface area contributed by atoms with Gasteiger partial charge in [0.1, 0.15) is 5.75 Å². The molecule has 3 aromatic rings. The molecule has 1 saturated heterocycles. The van der Waals surface area contributed by atoms with E-state index in [0.29, 0.717) is 26.2 Å². The van der Waals surface area contributed by atoms with Gasteiger partial charge in [-0.15, -0.1) is 0 Å². The zero-order chi connectivity index (χ0) is 20.6. The summed E-state index contributed by atoms with van der Waals surface area (Å²) in [6.45, 7) is 6.24. The van der Waals surface area contributed by atoms with E-state index in [4.69, 9.17) is 4.98 Å². The molecule has 1 amide bonds. The van der Waals surface area contributed by atoms with E-state index >= 15 is 0 Å². The lowest BCUT2D eigenvalue weighted by molar-refractivity contribution is -0.128. The Hall–Kier alpha value is -2.45. The predicted octanol–water partition coefficient (Wildman–Crippen LogP) is 3.04. The Bertz CT molecular complexity index is 1150. The van der Waals surface area contributed by atoms with Crippen LogP contribution in [0.5, 0.6) is 0 Å². The monoisotopic (exact) mass is 429 g/mol. The summed E-state index contributed by atoms with van der Waals surface area (Å²) < 4.78 is 26.3. The first-order valence-electron chi connectivity index (χ1n) is 9.52. The van der Waals surface area contributed by atoms with Crippen molar-refractivity contribution in [1.82, 2.24) is 9.88 Å². The number of aromatic nitrogens is 1. The molecule has 0 aliphatic carbocycles. The largest absolute Gasteiger partial charge is 0.345 e. The van der Waals surface area contributed by atoms with Crippen molar-refractivity contribution in [3.63, 3.8) is 0 Å². The topological polar surface area (TPSA) is 70.6 Å². The minimum absolute atomic E-state index is 0.194. The average Bonchev–Trinajstić information content (AvgIpc) is 3.14. The highest BCUT2D eigenvalue weighted by Gasteiger charge is 2.27. The third-order valence-electron chi connectivity index (χ3n) is 5.21. The summed E-state index contributed by atoms with van der Waals surface area (Å²) in [6, 6.07) is 12.8. The van der Waals surface area contributed by atoms with Gasteiger partial charge in [0.05, 0.1) is 15.1 Å². The zero-order valence-electron chi connectivity index (χ0n) is 16.5. The second-order valence-corrected chi connectivity index (χ2v) is 10.4. The highest BCUT2D eigenvalue weighted by atomic mass is 32.2. The molecule has 0 spiro atoms. The number of hydrogen-bond acceptors (Lipinski definition) is 6. The van der Waals surface area contributed by atoms with Crippen molar-refractivity contribution in [2.75, 3.05) is 36.8 Å². The smallest absolute Gasteiger partial charge is 0.238 e. The Morgan fingerprint density at radius 3 is 2.38 bits per heavy atom. The van der Waals surface area contributed by atoms with Crippen molar-refractivity contribution in [3.05, 3.63) is 53.6 Å². The predicted molar refractivity (Wildman–Crippen MR) is 116 cm³/mol. The molecule has 8 heteroatoms. The molecule has 1 aliphatic rings. The van der Waals surface area contributed by atoms with Gasteiger partial charge in [-0.2, -0.15) is 0 Å². The third-order valence-corrected chi connectivity index (χ3v) is 7.90. The summed E-state index contributed by atoms with van der Waals surface area (Å²) in [4.78, 5) is 21.4. The van der Waals surface area contributed by atoms with E-state index < -0.39 is 15.6 Å². The molecule has 1 fully saturated rings. The Morgan fingerprint density at radius 1 is 1.03 bits per heavy atom. The van der Waals surface area contributed by atoms with Crippen LogP contribution in [-0.2, 0) is 14.6 Å². The summed E-state index contributed by atoms with van der Waals surface area (Å²) in [7, 11) is -3.63. The van der Waals surface area contributed by atoms with E-state index in [1.54, 1.807) is 40.5 Å². The zero-order valence-corrected chi connectivity index (χ0v) is 18.1. The summed E-state index contributed by atoms with van der Waals surface area (Å²) >= 11 is 1.65. The number of anilines is 1. The van der Waals surface area contributed by atoms with Gasteiger partial charge in [0.2, 0.25) is 5.91 Å². The molecule has 0 saturated carbocycles. The number of carbonyl (C=O) groups excluding carboxylic acids is 1. The Morgan fingerprint density at radius 2 is 1.72 bits per heavy atom. The minimum atomic E-state index is -3.63. The van der Waals surface area contributed by atoms with Gasteiger partial charge in [-0.3, -0.25) is 4.79 Å². The van der Waals surface area contributed by atoms with Gasteiger partial charge in [0.25, 0.3) is 0 Å². The number of para-hydroxylation sites is 1. The minimum Gasteiger partial charge on any atom is -0.345 e. The fourth-order valence-electron chi connectivity index (χ4n) is 3.44. The van der Waals surface area contributed by atoms with E-state index in [-0.39, 0.29) is 10.8 Å². The van der Waals surface area contributed by atoms with Crippen LogP contribution in [0.1, 0.15) is 11.1 Å². The van der Waals surface area contributed by atoms with E-state index in [1.165, 1.54) is 0 Å². The molecule has 6 nitrogen and oxygen atoms in total. The number of fused-ring (bicyclic) bond motifs is 1. The van der Waals surface area contributed by atoms with Gasteiger partial charge in [0, 0.05) is 26.2 Å². The van der Waals surface area contributed by atoms with Crippen LogP contribution in [0.25, 0.3) is 10.2 Å². The van der Waals surface area contributed by atoms with E-state index in [0.717, 1.165) is 26.5 Å². The molecule has 152 valence electrons. The van der Waals surface area contributed by atoms with Crippen LogP contribution in [0, 0.1) is 13.8 Å². The molecule has 0 atom stereocenters. The van der Waals surface area contributed by atoms with Crippen molar-refractivity contribution in [3.8, 4) is 0 Å². The fourth-order valence-corrected chi connectivity index (χ4v) is 5.76. The normalized spacial score (nSPS) is 15.1. The number of sulfone groups is 1. The second-order valence-electron chi connectivity index (χ2n) is 7.36. The summed E-state index contributed by atoms with van der Waals surface area (Å²) in [5.41, 5.74) is 3.16. The van der Waals surface area contributed by atoms with Gasteiger partial charge in [0.15, 0.2) is 15.0 Å². The summed E-state index contributed by atoms with van der Waals surface area (Å²) in [6.07, 6.45) is 0. The van der Waals surface area contributed by atoms with Crippen LogP contribution in [-0.4, -0.2) is 56.1 Å². The van der Waals surface area contributed by atoms with Crippen molar-refractivity contribution < 1.29 is 13.2 Å². The van der Waals surface area contributed by atoms with E-state index in [1.807, 2.05) is 13.0 Å². The number of carbonyl (C=O) groups is 1. The third kappa shape index (κ3) is 4.13. The van der Waals surface area contributed by atoms with Crippen LogP contribution < -0.4 is 4.90 Å². The first-order valence-corrected chi connectivity index (χ1v) is 12.0. The molecule has 2 heterocycles. The van der Waals surface area contributed by atoms with Crippen LogP contribution >= 0.6 is 11.3 Å². The molecular weight excluding hydrogens is 406 g/mol. The van der Waals surface area contributed by atoms with Gasteiger partial charge < -0.3 is 9.80 Å². The number of aryl methyl sites for hydroxylation is 2. The Kier molecular flexibility index (Phi) is 5.31. The van der Waals surface area contributed by atoms with Gasteiger partial charge in [-0.1, -0.05) is 41.2 Å². The standard InChI is InChI=1S/C21H23N3O3S2/c1-15-6-8-17(9-7-15)29(26,27)14-19(25)23-10-12-24(13-11-23)21-22-20-16(2)4-3-5-18(20)28-21/h3-9H,10-14H2,1-2H3. The maximum atomic E-state index is 12.6. The number of rotatable bonds is 4. The molecule has 1 aliphatic heterocycles. The van der Waals surface area contributed by atoms with Crippen molar-refractivity contribution in [1.29, 1.82) is 0 Å². The van der Waals surface area contributed by atoms with Crippen LogP contribution in [0.15, 0.2) is 47.4 Å². The van der Waals surface area contributed by atoms with Crippen molar-refractivity contribution >= 4 is 42.4 Å².